The molecule has 0 aliphatic heterocycles. The number of nitrogens with zero attached hydrogens (tertiary/aromatic N) is 3. The van der Waals surface area contributed by atoms with Crippen LogP contribution in [-0.2, 0) is 14.6 Å². The van der Waals surface area contributed by atoms with Crippen LogP contribution in [0.1, 0.15) is 23.2 Å². The lowest BCUT2D eigenvalue weighted by Gasteiger charge is -2.07. The van der Waals surface area contributed by atoms with E-state index in [1.807, 2.05) is 26.0 Å². The largest absolute Gasteiger partial charge is 0.310 e. The van der Waals surface area contributed by atoms with Gasteiger partial charge >= 0.3 is 0 Å². The van der Waals surface area contributed by atoms with E-state index in [9.17, 15) is 13.2 Å². The van der Waals surface area contributed by atoms with E-state index in [0.29, 0.717) is 21.7 Å². The molecule has 166 valence electrons. The molecule has 4 aromatic rings. The third kappa shape index (κ3) is 4.55. The molecule has 0 fully saturated rings. The summed E-state index contributed by atoms with van der Waals surface area (Å²) in [5.41, 5.74) is 3.43. The quantitative estimate of drug-likeness (QED) is 0.418. The number of carbonyl (C=O) groups excluding carboxylic acids is 1. The molecule has 7 nitrogen and oxygen atoms in total. The summed E-state index contributed by atoms with van der Waals surface area (Å²) in [4.78, 5) is 17.4. The summed E-state index contributed by atoms with van der Waals surface area (Å²) in [5.74, 6) is -0.282. The van der Waals surface area contributed by atoms with Gasteiger partial charge in [0.2, 0.25) is 11.0 Å². The zero-order valence-corrected chi connectivity index (χ0v) is 20.1. The fourth-order valence-corrected chi connectivity index (χ4v) is 5.73. The molecule has 4 rings (SSSR count). The lowest BCUT2D eigenvalue weighted by atomic mass is 10.2. The van der Waals surface area contributed by atoms with Crippen molar-refractivity contribution in [3.63, 3.8) is 0 Å². The van der Waals surface area contributed by atoms with Crippen LogP contribution in [0.4, 0.5) is 5.82 Å². The standard InChI is InChI=1S/C22H21ClN4O3S2/c1-13-4-7-16(8-5-13)32(29,30)11-10-19(28)24-18-12-15(3)26-27(18)22-25-20-14(2)6-9-17(23)21(20)31-22/h4-9,12H,10-11H2,1-3H3,(H,24,28). The summed E-state index contributed by atoms with van der Waals surface area (Å²) in [6.07, 6.45) is -0.175. The number of sulfone groups is 1. The average molecular weight is 489 g/mol. The van der Waals surface area contributed by atoms with Crippen molar-refractivity contribution < 1.29 is 13.2 Å². The maximum atomic E-state index is 12.6. The Balaban J connectivity index is 1.53. The van der Waals surface area contributed by atoms with E-state index in [-0.39, 0.29) is 17.1 Å². The zero-order valence-electron chi connectivity index (χ0n) is 17.7. The predicted octanol–water partition coefficient (Wildman–Crippen LogP) is 4.86. The highest BCUT2D eigenvalue weighted by molar-refractivity contribution is 7.91. The van der Waals surface area contributed by atoms with Crippen molar-refractivity contribution in [2.45, 2.75) is 32.1 Å². The van der Waals surface area contributed by atoms with Crippen molar-refractivity contribution in [1.29, 1.82) is 0 Å². The molecule has 32 heavy (non-hydrogen) atoms. The molecule has 0 bridgehead atoms. The van der Waals surface area contributed by atoms with Gasteiger partial charge in [0.25, 0.3) is 0 Å². The predicted molar refractivity (Wildman–Crippen MR) is 128 cm³/mol. The molecule has 2 heterocycles. The minimum atomic E-state index is -3.56. The van der Waals surface area contributed by atoms with Crippen molar-refractivity contribution >= 4 is 54.7 Å². The Morgan fingerprint density at radius 1 is 1.12 bits per heavy atom. The molecule has 0 aliphatic rings. The fourth-order valence-electron chi connectivity index (χ4n) is 3.21. The van der Waals surface area contributed by atoms with Crippen molar-refractivity contribution in [3.05, 3.63) is 64.3 Å². The number of benzene rings is 2. The van der Waals surface area contributed by atoms with Gasteiger partial charge in [-0.25, -0.2) is 13.4 Å². The zero-order chi connectivity index (χ0) is 23.0. The Morgan fingerprint density at radius 3 is 2.53 bits per heavy atom. The molecular formula is C22H21ClN4O3S2. The maximum absolute atomic E-state index is 12.6. The van der Waals surface area contributed by atoms with Crippen molar-refractivity contribution in [2.24, 2.45) is 0 Å². The van der Waals surface area contributed by atoms with Gasteiger partial charge in [-0.05, 0) is 44.5 Å². The van der Waals surface area contributed by atoms with Crippen LogP contribution in [0.5, 0.6) is 0 Å². The van der Waals surface area contributed by atoms with Crippen LogP contribution in [0.3, 0.4) is 0 Å². The highest BCUT2D eigenvalue weighted by atomic mass is 35.5. The fraction of sp³-hybridized carbons (Fsp3) is 0.227. The van der Waals surface area contributed by atoms with E-state index in [2.05, 4.69) is 15.4 Å². The van der Waals surface area contributed by atoms with E-state index in [4.69, 9.17) is 11.6 Å². The monoisotopic (exact) mass is 488 g/mol. The van der Waals surface area contributed by atoms with Gasteiger partial charge in [-0.1, -0.05) is 46.7 Å². The number of hydrogen-bond acceptors (Lipinski definition) is 6. The Kier molecular flexibility index (Phi) is 6.07. The SMILES string of the molecule is Cc1ccc(S(=O)(=O)CCC(=O)Nc2cc(C)nn2-c2nc3c(C)ccc(Cl)c3s2)cc1. The first-order valence-electron chi connectivity index (χ1n) is 9.86. The molecule has 0 spiro atoms. The Bertz CT molecular complexity index is 1380. The smallest absolute Gasteiger partial charge is 0.226 e. The normalized spacial score (nSPS) is 11.8. The summed E-state index contributed by atoms with van der Waals surface area (Å²) < 4.78 is 27.5. The Morgan fingerprint density at radius 2 is 1.84 bits per heavy atom. The topological polar surface area (TPSA) is 94.0 Å². The number of rotatable bonds is 6. The minimum Gasteiger partial charge on any atom is -0.310 e. The number of hydrogen-bond donors (Lipinski definition) is 1. The molecule has 10 heteroatoms. The second-order valence-electron chi connectivity index (χ2n) is 7.55. The molecule has 0 aliphatic carbocycles. The number of amides is 1. The molecule has 0 atom stereocenters. The van der Waals surface area contributed by atoms with Gasteiger partial charge < -0.3 is 5.32 Å². The molecule has 0 radical (unpaired) electrons. The van der Waals surface area contributed by atoms with Crippen LogP contribution in [-0.4, -0.2) is 34.8 Å². The molecule has 2 aromatic carbocycles. The average Bonchev–Trinajstić information content (AvgIpc) is 3.34. The first-order valence-corrected chi connectivity index (χ1v) is 12.7. The van der Waals surface area contributed by atoms with Crippen LogP contribution >= 0.6 is 22.9 Å². The van der Waals surface area contributed by atoms with Crippen molar-refractivity contribution in [2.75, 3.05) is 11.1 Å². The van der Waals surface area contributed by atoms with Crippen LogP contribution in [0.15, 0.2) is 47.4 Å². The number of nitrogens with one attached hydrogen (secondary N) is 1. The highest BCUT2D eigenvalue weighted by Crippen LogP contribution is 2.34. The number of thiazole rings is 1. The van der Waals surface area contributed by atoms with Crippen LogP contribution in [0, 0.1) is 20.8 Å². The van der Waals surface area contributed by atoms with Gasteiger partial charge in [-0.3, -0.25) is 4.79 Å². The van der Waals surface area contributed by atoms with Gasteiger partial charge in [0.1, 0.15) is 5.82 Å². The molecule has 0 saturated heterocycles. The van der Waals surface area contributed by atoms with Crippen LogP contribution in [0.25, 0.3) is 15.3 Å². The molecule has 1 N–H and O–H groups in total. The number of carbonyl (C=O) groups is 1. The number of halogens is 1. The second kappa shape index (κ2) is 8.65. The second-order valence-corrected chi connectivity index (χ2v) is 11.0. The third-order valence-electron chi connectivity index (χ3n) is 4.94. The lowest BCUT2D eigenvalue weighted by molar-refractivity contribution is -0.115. The number of aromatic nitrogens is 3. The number of anilines is 1. The lowest BCUT2D eigenvalue weighted by Crippen LogP contribution is -2.19. The molecular weight excluding hydrogens is 468 g/mol. The Labute approximate surface area is 195 Å². The van der Waals surface area contributed by atoms with Crippen molar-refractivity contribution in [1.82, 2.24) is 14.8 Å². The van der Waals surface area contributed by atoms with E-state index in [0.717, 1.165) is 21.3 Å². The van der Waals surface area contributed by atoms with Gasteiger partial charge in [0, 0.05) is 12.5 Å². The number of fused-ring (bicyclic) bond motifs is 1. The molecule has 1 amide bonds. The maximum Gasteiger partial charge on any atom is 0.226 e. The minimum absolute atomic E-state index is 0.175. The van der Waals surface area contributed by atoms with Crippen molar-refractivity contribution in [3.8, 4) is 5.13 Å². The van der Waals surface area contributed by atoms with Crippen LogP contribution in [0.2, 0.25) is 5.02 Å². The molecule has 2 aromatic heterocycles. The van der Waals surface area contributed by atoms with E-state index in [1.54, 1.807) is 41.9 Å². The molecule has 0 unspecified atom stereocenters. The first-order chi connectivity index (χ1) is 15.1. The van der Waals surface area contributed by atoms with E-state index >= 15 is 0 Å². The van der Waals surface area contributed by atoms with Gasteiger partial charge in [-0.2, -0.15) is 9.78 Å². The third-order valence-corrected chi connectivity index (χ3v) is 8.17. The summed E-state index contributed by atoms with van der Waals surface area (Å²) in [6.45, 7) is 5.64. The highest BCUT2D eigenvalue weighted by Gasteiger charge is 2.19. The number of aryl methyl sites for hydroxylation is 3. The van der Waals surface area contributed by atoms with E-state index < -0.39 is 15.7 Å². The van der Waals surface area contributed by atoms with Gasteiger partial charge in [-0.15, -0.1) is 0 Å². The first kappa shape index (κ1) is 22.4. The summed E-state index contributed by atoms with van der Waals surface area (Å²) >= 11 is 7.69. The summed E-state index contributed by atoms with van der Waals surface area (Å²) in [6, 6.07) is 12.0. The van der Waals surface area contributed by atoms with Crippen LogP contribution < -0.4 is 5.32 Å². The van der Waals surface area contributed by atoms with Gasteiger partial charge in [0.15, 0.2) is 9.84 Å². The summed E-state index contributed by atoms with van der Waals surface area (Å²) in [7, 11) is -3.56. The van der Waals surface area contributed by atoms with Gasteiger partial charge in [0.05, 0.1) is 31.6 Å². The van der Waals surface area contributed by atoms with E-state index in [1.165, 1.54) is 11.3 Å². The molecule has 0 saturated carbocycles. The Hall–Kier alpha value is -2.75. The summed E-state index contributed by atoms with van der Waals surface area (Å²) in [5, 5.41) is 8.37.